The highest BCUT2D eigenvalue weighted by molar-refractivity contribution is 6.04. The van der Waals surface area contributed by atoms with Crippen molar-refractivity contribution in [2.24, 2.45) is 13.0 Å². The fraction of sp³-hybridized carbons (Fsp3) is 0.412. The number of ether oxygens (including phenoxy) is 1. The van der Waals surface area contributed by atoms with E-state index in [1.165, 1.54) is 0 Å². The summed E-state index contributed by atoms with van der Waals surface area (Å²) in [6, 6.07) is 7.64. The number of hydrogen-bond donors (Lipinski definition) is 2. The van der Waals surface area contributed by atoms with Crippen LogP contribution in [0.15, 0.2) is 24.3 Å². The molecule has 1 aliphatic heterocycles. The summed E-state index contributed by atoms with van der Waals surface area (Å²) in [6.07, 6.45) is 0.679. The van der Waals surface area contributed by atoms with Crippen molar-refractivity contribution in [3.05, 3.63) is 41.6 Å². The van der Waals surface area contributed by atoms with Gasteiger partial charge in [0.25, 0.3) is 5.91 Å². The highest BCUT2D eigenvalue weighted by Crippen LogP contribution is 2.32. The maximum atomic E-state index is 12.7. The molecule has 1 fully saturated rings. The number of amides is 1. The van der Waals surface area contributed by atoms with Crippen LogP contribution in [0, 0.1) is 12.8 Å². The number of carbonyl (C=O) groups excluding carboxylic acids is 1. The number of fused-ring (bicyclic) bond motifs is 1. The number of rotatable bonds is 4. The Morgan fingerprint density at radius 1 is 1.44 bits per heavy atom. The molecule has 0 unspecified atom stereocenters. The highest BCUT2D eigenvalue weighted by Gasteiger charge is 2.33. The molecule has 8 nitrogen and oxygen atoms in total. The molecular weight excluding hydrogens is 320 g/mol. The molecule has 3 heterocycles. The number of aryl methyl sites for hydroxylation is 2. The van der Waals surface area contributed by atoms with Crippen LogP contribution in [0.5, 0.6) is 0 Å². The first-order chi connectivity index (χ1) is 12.1. The number of aromatic nitrogens is 5. The molecule has 0 bridgehead atoms. The molecule has 0 spiro atoms. The number of nitrogens with zero attached hydrogens (tertiary/aromatic N) is 4. The van der Waals surface area contributed by atoms with Crippen LogP contribution in [0.4, 0.5) is 0 Å². The van der Waals surface area contributed by atoms with Gasteiger partial charge in [-0.1, -0.05) is 18.2 Å². The van der Waals surface area contributed by atoms with Crippen LogP contribution in [0.3, 0.4) is 0 Å². The van der Waals surface area contributed by atoms with Gasteiger partial charge in [0.1, 0.15) is 17.6 Å². The Labute approximate surface area is 144 Å². The summed E-state index contributed by atoms with van der Waals surface area (Å²) in [6.45, 7) is 3.01. The fourth-order valence-corrected chi connectivity index (χ4v) is 3.34. The minimum atomic E-state index is -0.187. The topological polar surface area (TPSA) is 97.7 Å². The van der Waals surface area contributed by atoms with Crippen molar-refractivity contribution in [1.82, 2.24) is 30.3 Å². The molecule has 1 amide bonds. The van der Waals surface area contributed by atoms with Gasteiger partial charge in [-0.25, -0.2) is 4.98 Å². The Kier molecular flexibility index (Phi) is 3.96. The van der Waals surface area contributed by atoms with Crippen LogP contribution < -0.4 is 5.32 Å². The summed E-state index contributed by atoms with van der Waals surface area (Å²) >= 11 is 0. The lowest BCUT2D eigenvalue weighted by molar-refractivity contribution is 0.0796. The second-order valence-electron chi connectivity index (χ2n) is 6.32. The zero-order chi connectivity index (χ0) is 17.4. The standard InChI is InChI=1S/C17H20N6O2/c1-10-19-16(21-20-10)15-11(7-8-25-15)9-18-17(24)14-12-5-3-4-6-13(12)22-23(14)2/h3-6,11,15H,7-9H2,1-2H3,(H,18,24)(H,19,20,21)/t11-,15-/m0/s1. The monoisotopic (exact) mass is 340 g/mol. The molecular formula is C17H20N6O2. The second kappa shape index (κ2) is 6.29. The summed E-state index contributed by atoms with van der Waals surface area (Å²) in [4.78, 5) is 17.1. The molecule has 1 saturated heterocycles. The van der Waals surface area contributed by atoms with E-state index >= 15 is 0 Å². The first-order valence-corrected chi connectivity index (χ1v) is 8.34. The minimum absolute atomic E-state index is 0.131. The van der Waals surface area contributed by atoms with E-state index in [1.807, 2.05) is 31.2 Å². The maximum Gasteiger partial charge on any atom is 0.270 e. The number of hydrogen-bond acceptors (Lipinski definition) is 5. The average molecular weight is 340 g/mol. The van der Waals surface area contributed by atoms with Crippen molar-refractivity contribution in [1.29, 1.82) is 0 Å². The number of aromatic amines is 1. The molecule has 25 heavy (non-hydrogen) atoms. The summed E-state index contributed by atoms with van der Waals surface area (Å²) < 4.78 is 7.39. The molecule has 3 aromatic rings. The van der Waals surface area contributed by atoms with Gasteiger partial charge in [-0.3, -0.25) is 14.6 Å². The lowest BCUT2D eigenvalue weighted by atomic mass is 10.0. The van der Waals surface area contributed by atoms with E-state index in [-0.39, 0.29) is 17.9 Å². The van der Waals surface area contributed by atoms with Crippen LogP contribution in [0.2, 0.25) is 0 Å². The Balaban J connectivity index is 1.48. The lowest BCUT2D eigenvalue weighted by Gasteiger charge is -2.16. The molecule has 1 aromatic carbocycles. The van der Waals surface area contributed by atoms with Crippen LogP contribution in [-0.2, 0) is 11.8 Å². The third-order valence-electron chi connectivity index (χ3n) is 4.56. The Hall–Kier alpha value is -2.74. The molecule has 0 radical (unpaired) electrons. The Morgan fingerprint density at radius 2 is 2.28 bits per heavy atom. The molecule has 0 saturated carbocycles. The predicted molar refractivity (Wildman–Crippen MR) is 91.0 cm³/mol. The van der Waals surface area contributed by atoms with Gasteiger partial charge in [0.2, 0.25) is 0 Å². The third-order valence-corrected chi connectivity index (χ3v) is 4.56. The lowest BCUT2D eigenvalue weighted by Crippen LogP contribution is -2.32. The molecule has 0 aliphatic carbocycles. The van der Waals surface area contributed by atoms with E-state index in [0.29, 0.717) is 24.7 Å². The smallest absolute Gasteiger partial charge is 0.270 e. The van der Waals surface area contributed by atoms with E-state index in [1.54, 1.807) is 11.7 Å². The molecule has 2 N–H and O–H groups in total. The van der Waals surface area contributed by atoms with Crippen LogP contribution >= 0.6 is 0 Å². The first kappa shape index (κ1) is 15.8. The first-order valence-electron chi connectivity index (χ1n) is 8.34. The largest absolute Gasteiger partial charge is 0.370 e. The zero-order valence-electron chi connectivity index (χ0n) is 14.2. The van der Waals surface area contributed by atoms with Gasteiger partial charge < -0.3 is 10.1 Å². The summed E-state index contributed by atoms with van der Waals surface area (Å²) in [5.74, 6) is 1.43. The van der Waals surface area contributed by atoms with Gasteiger partial charge in [0, 0.05) is 31.5 Å². The van der Waals surface area contributed by atoms with Crippen molar-refractivity contribution in [2.45, 2.75) is 19.4 Å². The molecule has 4 rings (SSSR count). The maximum absolute atomic E-state index is 12.7. The predicted octanol–water partition coefficient (Wildman–Crippen LogP) is 1.51. The van der Waals surface area contributed by atoms with E-state index in [0.717, 1.165) is 23.1 Å². The highest BCUT2D eigenvalue weighted by atomic mass is 16.5. The Bertz CT molecular complexity index is 915. The van der Waals surface area contributed by atoms with Crippen LogP contribution in [0.25, 0.3) is 10.9 Å². The number of nitrogens with one attached hydrogen (secondary N) is 2. The number of carbonyl (C=O) groups is 1. The van der Waals surface area contributed by atoms with Crippen molar-refractivity contribution < 1.29 is 9.53 Å². The normalized spacial score (nSPS) is 20.2. The van der Waals surface area contributed by atoms with Crippen molar-refractivity contribution in [3.8, 4) is 0 Å². The third kappa shape index (κ3) is 2.89. The quantitative estimate of drug-likeness (QED) is 0.750. The van der Waals surface area contributed by atoms with Crippen molar-refractivity contribution in [3.63, 3.8) is 0 Å². The molecule has 8 heteroatoms. The van der Waals surface area contributed by atoms with Crippen molar-refractivity contribution >= 4 is 16.8 Å². The van der Waals surface area contributed by atoms with Gasteiger partial charge in [0.05, 0.1) is 5.52 Å². The molecule has 2 aromatic heterocycles. The average Bonchev–Trinajstić information content (AvgIpc) is 3.29. The minimum Gasteiger partial charge on any atom is -0.370 e. The van der Waals surface area contributed by atoms with Gasteiger partial charge >= 0.3 is 0 Å². The molecule has 130 valence electrons. The summed E-state index contributed by atoms with van der Waals surface area (Å²) in [5, 5.41) is 15.3. The van der Waals surface area contributed by atoms with E-state index in [2.05, 4.69) is 25.6 Å². The second-order valence-corrected chi connectivity index (χ2v) is 6.32. The molecule has 1 aliphatic rings. The van der Waals surface area contributed by atoms with Gasteiger partial charge in [0.15, 0.2) is 5.82 Å². The van der Waals surface area contributed by atoms with Crippen LogP contribution in [0.1, 0.15) is 34.7 Å². The van der Waals surface area contributed by atoms with Gasteiger partial charge in [-0.15, -0.1) is 0 Å². The van der Waals surface area contributed by atoms with E-state index in [4.69, 9.17) is 4.74 Å². The van der Waals surface area contributed by atoms with E-state index in [9.17, 15) is 4.79 Å². The molecule has 2 atom stereocenters. The van der Waals surface area contributed by atoms with E-state index < -0.39 is 0 Å². The van der Waals surface area contributed by atoms with Gasteiger partial charge in [-0.05, 0) is 19.4 Å². The SMILES string of the molecule is Cc1nc([C@H]2OCC[C@H]2CNC(=O)c2c3ccccc3nn2C)n[nH]1. The summed E-state index contributed by atoms with van der Waals surface area (Å²) in [7, 11) is 1.78. The van der Waals surface area contributed by atoms with Crippen molar-refractivity contribution in [2.75, 3.05) is 13.2 Å². The number of H-pyrrole nitrogens is 1. The summed E-state index contributed by atoms with van der Waals surface area (Å²) in [5.41, 5.74) is 1.38. The Morgan fingerprint density at radius 3 is 3.08 bits per heavy atom. The van der Waals surface area contributed by atoms with Crippen LogP contribution in [-0.4, -0.2) is 44.0 Å². The van der Waals surface area contributed by atoms with Gasteiger partial charge in [-0.2, -0.15) is 10.2 Å². The zero-order valence-corrected chi connectivity index (χ0v) is 14.2. The fourth-order valence-electron chi connectivity index (χ4n) is 3.34. The number of benzene rings is 1.